The molecule has 0 saturated heterocycles. The Bertz CT molecular complexity index is 191. The third-order valence-corrected chi connectivity index (χ3v) is 3.26. The van der Waals surface area contributed by atoms with Crippen molar-refractivity contribution in [1.29, 1.82) is 0 Å². The molecule has 0 bridgehead atoms. The van der Waals surface area contributed by atoms with Crippen LogP contribution in [0.15, 0.2) is 0 Å². The lowest BCUT2D eigenvalue weighted by molar-refractivity contribution is -0.143. The summed E-state index contributed by atoms with van der Waals surface area (Å²) in [5, 5.41) is 0. The van der Waals surface area contributed by atoms with Crippen LogP contribution < -0.4 is 0 Å². The predicted octanol–water partition coefficient (Wildman–Crippen LogP) is 3.62. The van der Waals surface area contributed by atoms with E-state index < -0.39 is 0 Å². The quantitative estimate of drug-likeness (QED) is 0.395. The molecule has 0 fully saturated rings. The molecule has 0 aliphatic carbocycles. The SMILES string of the molecule is CCCCCCC(=O)OCCCCN(CC)CC. The summed E-state index contributed by atoms with van der Waals surface area (Å²) >= 11 is 0. The van der Waals surface area contributed by atoms with Crippen LogP contribution >= 0.6 is 0 Å². The van der Waals surface area contributed by atoms with Crippen molar-refractivity contribution in [3.8, 4) is 0 Å². The van der Waals surface area contributed by atoms with Gasteiger partial charge in [0.1, 0.15) is 0 Å². The second kappa shape index (κ2) is 12.9. The molecule has 0 amide bonds. The van der Waals surface area contributed by atoms with Gasteiger partial charge in [0, 0.05) is 6.42 Å². The van der Waals surface area contributed by atoms with E-state index in [1.165, 1.54) is 12.8 Å². The average molecular weight is 257 g/mol. The molecule has 0 aliphatic heterocycles. The minimum atomic E-state index is -0.0195. The molecule has 0 aliphatic rings. The number of rotatable bonds is 12. The first-order valence-corrected chi connectivity index (χ1v) is 7.62. The number of ether oxygens (including phenoxy) is 1. The van der Waals surface area contributed by atoms with Gasteiger partial charge in [-0.1, -0.05) is 40.0 Å². The Hall–Kier alpha value is -0.570. The molecule has 0 N–H and O–H groups in total. The van der Waals surface area contributed by atoms with Crippen LogP contribution in [-0.4, -0.2) is 37.1 Å². The zero-order valence-electron chi connectivity index (χ0n) is 12.5. The number of unbranched alkanes of at least 4 members (excludes halogenated alkanes) is 4. The van der Waals surface area contributed by atoms with Crippen molar-refractivity contribution in [2.24, 2.45) is 0 Å². The Balaban J connectivity index is 3.29. The van der Waals surface area contributed by atoms with Crippen molar-refractivity contribution in [3.05, 3.63) is 0 Å². The van der Waals surface area contributed by atoms with Crippen LogP contribution in [0.5, 0.6) is 0 Å². The molecule has 18 heavy (non-hydrogen) atoms. The van der Waals surface area contributed by atoms with E-state index in [0.717, 1.165) is 45.3 Å². The van der Waals surface area contributed by atoms with Crippen LogP contribution in [0.3, 0.4) is 0 Å². The zero-order chi connectivity index (χ0) is 13.6. The molecule has 3 nitrogen and oxygen atoms in total. The van der Waals surface area contributed by atoms with Crippen molar-refractivity contribution >= 4 is 5.97 Å². The van der Waals surface area contributed by atoms with E-state index in [1.807, 2.05) is 0 Å². The van der Waals surface area contributed by atoms with Gasteiger partial charge in [-0.2, -0.15) is 0 Å². The molecule has 0 aromatic heterocycles. The van der Waals surface area contributed by atoms with Gasteiger partial charge in [-0.15, -0.1) is 0 Å². The van der Waals surface area contributed by atoms with E-state index in [0.29, 0.717) is 13.0 Å². The predicted molar refractivity (Wildman–Crippen MR) is 76.7 cm³/mol. The fraction of sp³-hybridized carbons (Fsp3) is 0.933. The third kappa shape index (κ3) is 10.6. The van der Waals surface area contributed by atoms with Crippen molar-refractivity contribution < 1.29 is 9.53 Å². The lowest BCUT2D eigenvalue weighted by Gasteiger charge is -2.17. The van der Waals surface area contributed by atoms with Crippen LogP contribution in [0.25, 0.3) is 0 Å². The molecule has 0 saturated carbocycles. The zero-order valence-corrected chi connectivity index (χ0v) is 12.5. The maximum atomic E-state index is 11.4. The third-order valence-electron chi connectivity index (χ3n) is 3.26. The van der Waals surface area contributed by atoms with Gasteiger partial charge in [-0.3, -0.25) is 4.79 Å². The van der Waals surface area contributed by atoms with Crippen LogP contribution in [0, 0.1) is 0 Å². The van der Waals surface area contributed by atoms with E-state index in [2.05, 4.69) is 25.7 Å². The van der Waals surface area contributed by atoms with Crippen LogP contribution in [-0.2, 0) is 9.53 Å². The Labute approximate surface area is 113 Å². The summed E-state index contributed by atoms with van der Waals surface area (Å²) in [6, 6.07) is 0. The Morgan fingerprint density at radius 2 is 1.67 bits per heavy atom. The fourth-order valence-electron chi connectivity index (χ4n) is 1.93. The normalized spacial score (nSPS) is 10.9. The first kappa shape index (κ1) is 17.4. The molecule has 0 radical (unpaired) electrons. The molecular weight excluding hydrogens is 226 g/mol. The number of carbonyl (C=O) groups is 1. The lowest BCUT2D eigenvalue weighted by Crippen LogP contribution is -2.24. The van der Waals surface area contributed by atoms with Gasteiger partial charge in [-0.05, 0) is 38.9 Å². The summed E-state index contributed by atoms with van der Waals surface area (Å²) in [4.78, 5) is 13.8. The van der Waals surface area contributed by atoms with Gasteiger partial charge >= 0.3 is 5.97 Å². The molecule has 0 aromatic carbocycles. The summed E-state index contributed by atoms with van der Waals surface area (Å²) < 4.78 is 5.21. The van der Waals surface area contributed by atoms with E-state index in [1.54, 1.807) is 0 Å². The molecule has 3 heteroatoms. The van der Waals surface area contributed by atoms with Gasteiger partial charge in [0.2, 0.25) is 0 Å². The summed E-state index contributed by atoms with van der Waals surface area (Å²) in [6.07, 6.45) is 7.25. The van der Waals surface area contributed by atoms with Gasteiger partial charge in [0.15, 0.2) is 0 Å². The number of hydrogen-bond acceptors (Lipinski definition) is 3. The maximum Gasteiger partial charge on any atom is 0.305 e. The molecule has 0 unspecified atom stereocenters. The summed E-state index contributed by atoms with van der Waals surface area (Å²) in [5.41, 5.74) is 0. The number of carbonyl (C=O) groups excluding carboxylic acids is 1. The smallest absolute Gasteiger partial charge is 0.305 e. The molecule has 0 aromatic rings. The number of esters is 1. The van der Waals surface area contributed by atoms with E-state index in [-0.39, 0.29) is 5.97 Å². The van der Waals surface area contributed by atoms with E-state index in [4.69, 9.17) is 4.74 Å². The summed E-state index contributed by atoms with van der Waals surface area (Å²) in [5.74, 6) is -0.0195. The highest BCUT2D eigenvalue weighted by molar-refractivity contribution is 5.69. The van der Waals surface area contributed by atoms with Gasteiger partial charge in [0.25, 0.3) is 0 Å². The van der Waals surface area contributed by atoms with Gasteiger partial charge < -0.3 is 9.64 Å². The van der Waals surface area contributed by atoms with E-state index >= 15 is 0 Å². The highest BCUT2D eigenvalue weighted by Crippen LogP contribution is 2.04. The minimum Gasteiger partial charge on any atom is -0.466 e. The Kier molecular flexibility index (Phi) is 12.5. The monoisotopic (exact) mass is 257 g/mol. The Morgan fingerprint density at radius 3 is 2.28 bits per heavy atom. The van der Waals surface area contributed by atoms with Gasteiger partial charge in [0.05, 0.1) is 6.61 Å². The van der Waals surface area contributed by atoms with Crippen LogP contribution in [0.1, 0.15) is 65.7 Å². The second-order valence-electron chi connectivity index (χ2n) is 4.77. The molecule has 0 rings (SSSR count). The molecule has 108 valence electrons. The van der Waals surface area contributed by atoms with Crippen LogP contribution in [0.4, 0.5) is 0 Å². The average Bonchev–Trinajstić information content (AvgIpc) is 2.39. The summed E-state index contributed by atoms with van der Waals surface area (Å²) in [7, 11) is 0. The number of nitrogens with zero attached hydrogens (tertiary/aromatic N) is 1. The maximum absolute atomic E-state index is 11.4. The van der Waals surface area contributed by atoms with Crippen molar-refractivity contribution in [1.82, 2.24) is 4.90 Å². The Morgan fingerprint density at radius 1 is 0.944 bits per heavy atom. The van der Waals surface area contributed by atoms with Crippen molar-refractivity contribution in [3.63, 3.8) is 0 Å². The number of hydrogen-bond donors (Lipinski definition) is 0. The van der Waals surface area contributed by atoms with Crippen molar-refractivity contribution in [2.75, 3.05) is 26.2 Å². The van der Waals surface area contributed by atoms with Gasteiger partial charge in [-0.25, -0.2) is 0 Å². The van der Waals surface area contributed by atoms with Crippen molar-refractivity contribution in [2.45, 2.75) is 65.7 Å². The standard InChI is InChI=1S/C15H31NO2/c1-4-7-8-9-12-15(17)18-14-11-10-13-16(5-2)6-3/h4-14H2,1-3H3. The molecular formula is C15H31NO2. The fourth-order valence-corrected chi connectivity index (χ4v) is 1.93. The van der Waals surface area contributed by atoms with Crippen LogP contribution in [0.2, 0.25) is 0 Å². The first-order valence-electron chi connectivity index (χ1n) is 7.62. The van der Waals surface area contributed by atoms with E-state index in [9.17, 15) is 4.79 Å². The molecule has 0 atom stereocenters. The molecule has 0 spiro atoms. The second-order valence-corrected chi connectivity index (χ2v) is 4.77. The lowest BCUT2D eigenvalue weighted by atomic mass is 10.2. The largest absolute Gasteiger partial charge is 0.466 e. The topological polar surface area (TPSA) is 29.5 Å². The summed E-state index contributed by atoms with van der Waals surface area (Å²) in [6.45, 7) is 10.4. The highest BCUT2D eigenvalue weighted by Gasteiger charge is 2.03. The molecule has 0 heterocycles. The minimum absolute atomic E-state index is 0.0195. The highest BCUT2D eigenvalue weighted by atomic mass is 16.5. The first-order chi connectivity index (χ1) is 8.74.